The van der Waals surface area contributed by atoms with Crippen molar-refractivity contribution in [3.63, 3.8) is 0 Å². The Labute approximate surface area is 84.7 Å². The first-order valence-corrected chi connectivity index (χ1v) is 4.66. The van der Waals surface area contributed by atoms with E-state index in [1.165, 1.54) is 0 Å². The minimum Gasteiger partial charge on any atom is -0.171 e. The summed E-state index contributed by atoms with van der Waals surface area (Å²) in [6, 6.07) is 0. The Morgan fingerprint density at radius 3 is 1.67 bits per heavy atom. The van der Waals surface area contributed by atoms with E-state index < -0.39 is 31.1 Å². The van der Waals surface area contributed by atoms with Gasteiger partial charge in [0.2, 0.25) is 0 Å². The van der Waals surface area contributed by atoms with E-state index in [1.807, 2.05) is 0 Å². The molecule has 0 aromatic carbocycles. The summed E-state index contributed by atoms with van der Waals surface area (Å²) in [7, 11) is 0. The summed E-state index contributed by atoms with van der Waals surface area (Å²) in [6.07, 6.45) is -11.5. The van der Waals surface area contributed by atoms with Gasteiger partial charge in [-0.1, -0.05) is 13.8 Å². The van der Waals surface area contributed by atoms with Gasteiger partial charge in [0.05, 0.1) is 5.92 Å². The lowest BCUT2D eigenvalue weighted by Crippen LogP contribution is -2.26. The highest BCUT2D eigenvalue weighted by Gasteiger charge is 2.41. The van der Waals surface area contributed by atoms with E-state index in [0.29, 0.717) is 0 Å². The smallest absolute Gasteiger partial charge is 0.171 e. The molecule has 0 saturated carbocycles. The highest BCUT2D eigenvalue weighted by molar-refractivity contribution is 4.71. The maximum Gasteiger partial charge on any atom is 0.391 e. The van der Waals surface area contributed by atoms with E-state index in [4.69, 9.17) is 0 Å². The average Bonchev–Trinajstić information content (AvgIpc) is 1.93. The Morgan fingerprint density at radius 2 is 1.40 bits per heavy atom. The SMILES string of the molecule is CC(C)CC(CCC(F)(F)F)C(F)(F)F. The number of hydrogen-bond donors (Lipinski definition) is 0. The fourth-order valence-electron chi connectivity index (χ4n) is 1.32. The lowest BCUT2D eigenvalue weighted by molar-refractivity contribution is -0.192. The maximum absolute atomic E-state index is 12.3. The van der Waals surface area contributed by atoms with Gasteiger partial charge in [-0.15, -0.1) is 0 Å². The molecule has 0 aromatic rings. The van der Waals surface area contributed by atoms with Gasteiger partial charge in [0.25, 0.3) is 0 Å². The van der Waals surface area contributed by atoms with Crippen LogP contribution in [0.4, 0.5) is 26.3 Å². The molecule has 15 heavy (non-hydrogen) atoms. The first-order valence-electron chi connectivity index (χ1n) is 4.66. The predicted molar refractivity (Wildman–Crippen MR) is 44.3 cm³/mol. The number of rotatable bonds is 4. The van der Waals surface area contributed by atoms with Gasteiger partial charge < -0.3 is 0 Å². The van der Waals surface area contributed by atoms with E-state index in [9.17, 15) is 26.3 Å². The van der Waals surface area contributed by atoms with Gasteiger partial charge in [0.1, 0.15) is 0 Å². The van der Waals surface area contributed by atoms with Crippen molar-refractivity contribution in [3.8, 4) is 0 Å². The van der Waals surface area contributed by atoms with Crippen molar-refractivity contribution >= 4 is 0 Å². The van der Waals surface area contributed by atoms with Gasteiger partial charge >= 0.3 is 12.4 Å². The fourth-order valence-corrected chi connectivity index (χ4v) is 1.32. The monoisotopic (exact) mass is 236 g/mol. The lowest BCUT2D eigenvalue weighted by atomic mass is 9.92. The molecule has 0 fully saturated rings. The molecule has 0 amide bonds. The van der Waals surface area contributed by atoms with Crippen LogP contribution in [0.15, 0.2) is 0 Å². The largest absolute Gasteiger partial charge is 0.391 e. The first-order chi connectivity index (χ1) is 6.52. The molecule has 0 saturated heterocycles. The predicted octanol–water partition coefficient (Wildman–Crippen LogP) is 4.55. The third-order valence-electron chi connectivity index (χ3n) is 2.00. The maximum atomic E-state index is 12.3. The third-order valence-corrected chi connectivity index (χ3v) is 2.00. The summed E-state index contributed by atoms with van der Waals surface area (Å²) >= 11 is 0. The van der Waals surface area contributed by atoms with Crippen molar-refractivity contribution in [2.45, 2.75) is 45.5 Å². The molecule has 0 aromatic heterocycles. The molecule has 0 aliphatic rings. The van der Waals surface area contributed by atoms with Gasteiger partial charge in [-0.25, -0.2) is 0 Å². The van der Waals surface area contributed by atoms with Gasteiger partial charge in [-0.05, 0) is 18.8 Å². The third kappa shape index (κ3) is 7.50. The van der Waals surface area contributed by atoms with E-state index in [-0.39, 0.29) is 12.3 Å². The van der Waals surface area contributed by atoms with Crippen LogP contribution < -0.4 is 0 Å². The number of hydrogen-bond acceptors (Lipinski definition) is 0. The zero-order valence-corrected chi connectivity index (χ0v) is 8.54. The van der Waals surface area contributed by atoms with Gasteiger partial charge in [0, 0.05) is 6.42 Å². The summed E-state index contributed by atoms with van der Waals surface area (Å²) in [4.78, 5) is 0. The van der Waals surface area contributed by atoms with Crippen molar-refractivity contribution in [2.75, 3.05) is 0 Å². The van der Waals surface area contributed by atoms with E-state index in [2.05, 4.69) is 0 Å². The van der Waals surface area contributed by atoms with Gasteiger partial charge in [0.15, 0.2) is 0 Å². The molecule has 0 aliphatic carbocycles. The first kappa shape index (κ1) is 14.6. The second-order valence-corrected chi connectivity index (χ2v) is 4.02. The molecule has 0 aliphatic heterocycles. The van der Waals surface area contributed by atoms with Crippen molar-refractivity contribution < 1.29 is 26.3 Å². The molecule has 92 valence electrons. The second-order valence-electron chi connectivity index (χ2n) is 4.02. The molecule has 0 heterocycles. The molecule has 0 radical (unpaired) electrons. The number of halogens is 6. The topological polar surface area (TPSA) is 0 Å². The molecular formula is C9H14F6. The molecule has 0 N–H and O–H groups in total. The van der Waals surface area contributed by atoms with Crippen LogP contribution in [0.25, 0.3) is 0 Å². The van der Waals surface area contributed by atoms with Crippen LogP contribution in [-0.2, 0) is 0 Å². The van der Waals surface area contributed by atoms with Crippen molar-refractivity contribution in [1.29, 1.82) is 0 Å². The summed E-state index contributed by atoms with van der Waals surface area (Å²) < 4.78 is 72.2. The Bertz CT molecular complexity index is 178. The average molecular weight is 236 g/mol. The van der Waals surface area contributed by atoms with Crippen molar-refractivity contribution in [2.24, 2.45) is 11.8 Å². The fraction of sp³-hybridized carbons (Fsp3) is 1.00. The summed E-state index contributed by atoms with van der Waals surface area (Å²) in [5.41, 5.74) is 0. The Balaban J connectivity index is 4.27. The van der Waals surface area contributed by atoms with Crippen LogP contribution in [0.5, 0.6) is 0 Å². The zero-order valence-electron chi connectivity index (χ0n) is 8.54. The molecule has 0 spiro atoms. The minimum atomic E-state index is -4.53. The highest BCUT2D eigenvalue weighted by atomic mass is 19.4. The Hall–Kier alpha value is -0.420. The molecular weight excluding hydrogens is 222 g/mol. The molecule has 0 nitrogen and oxygen atoms in total. The highest BCUT2D eigenvalue weighted by Crippen LogP contribution is 2.37. The Kier molecular flexibility index (Phi) is 4.93. The summed E-state index contributed by atoms with van der Waals surface area (Å²) in [5, 5.41) is 0. The Morgan fingerprint density at radius 1 is 0.933 bits per heavy atom. The van der Waals surface area contributed by atoms with Crippen LogP contribution in [0.1, 0.15) is 33.1 Å². The standard InChI is InChI=1S/C9H14F6/c1-6(2)5-7(9(13,14)15)3-4-8(10,11)12/h6-7H,3-5H2,1-2H3. The summed E-state index contributed by atoms with van der Waals surface area (Å²) in [6.45, 7) is 3.12. The molecule has 6 heteroatoms. The van der Waals surface area contributed by atoms with Crippen LogP contribution >= 0.6 is 0 Å². The van der Waals surface area contributed by atoms with Crippen LogP contribution in [0, 0.1) is 11.8 Å². The normalized spacial score (nSPS) is 15.8. The zero-order chi connectivity index (χ0) is 12.3. The quantitative estimate of drug-likeness (QED) is 0.628. The van der Waals surface area contributed by atoms with Gasteiger partial charge in [-0.3, -0.25) is 0 Å². The van der Waals surface area contributed by atoms with Crippen LogP contribution in [0.3, 0.4) is 0 Å². The van der Waals surface area contributed by atoms with Crippen molar-refractivity contribution in [1.82, 2.24) is 0 Å². The molecule has 0 rings (SSSR count). The number of alkyl halides is 6. The summed E-state index contributed by atoms with van der Waals surface area (Å²) in [5.74, 6) is -2.11. The lowest BCUT2D eigenvalue weighted by Gasteiger charge is -2.22. The van der Waals surface area contributed by atoms with Crippen LogP contribution in [-0.4, -0.2) is 12.4 Å². The van der Waals surface area contributed by atoms with E-state index in [0.717, 1.165) is 0 Å². The molecule has 1 atom stereocenters. The molecule has 1 unspecified atom stereocenters. The van der Waals surface area contributed by atoms with E-state index >= 15 is 0 Å². The van der Waals surface area contributed by atoms with Crippen LogP contribution in [0.2, 0.25) is 0 Å². The second kappa shape index (κ2) is 5.07. The molecule has 0 bridgehead atoms. The van der Waals surface area contributed by atoms with Crippen molar-refractivity contribution in [3.05, 3.63) is 0 Å². The van der Waals surface area contributed by atoms with Gasteiger partial charge in [-0.2, -0.15) is 26.3 Å². The minimum absolute atomic E-state index is 0.250. The van der Waals surface area contributed by atoms with E-state index in [1.54, 1.807) is 13.8 Å².